The Balaban J connectivity index is 1.72. The third-order valence-corrected chi connectivity index (χ3v) is 3.86. The molecule has 9 nitrogen and oxygen atoms in total. The molecule has 0 bridgehead atoms. The number of hydrogen-bond acceptors (Lipinski definition) is 5. The fraction of sp³-hybridized carbons (Fsp3) is 0.0714. The van der Waals surface area contributed by atoms with E-state index in [4.69, 9.17) is 23.2 Å². The number of nitrogens with zero attached hydrogens (tertiary/aromatic N) is 4. The zero-order chi connectivity index (χ0) is 18.0. The molecule has 3 rings (SSSR count). The van der Waals surface area contributed by atoms with E-state index < -0.39 is 16.5 Å². The molecule has 11 heteroatoms. The van der Waals surface area contributed by atoms with E-state index in [9.17, 15) is 14.9 Å². The van der Waals surface area contributed by atoms with Crippen LogP contribution in [-0.2, 0) is 6.54 Å². The molecule has 0 aliphatic rings. The van der Waals surface area contributed by atoms with Crippen LogP contribution in [0.5, 0.6) is 0 Å². The Hall–Kier alpha value is -2.91. The number of hydrogen-bond donors (Lipinski definition) is 2. The van der Waals surface area contributed by atoms with Crippen molar-refractivity contribution in [2.45, 2.75) is 6.54 Å². The van der Waals surface area contributed by atoms with Crippen molar-refractivity contribution in [2.75, 3.05) is 5.32 Å². The fourth-order valence-corrected chi connectivity index (χ4v) is 2.57. The largest absolute Gasteiger partial charge is 0.319 e. The zero-order valence-electron chi connectivity index (χ0n) is 12.4. The monoisotopic (exact) mass is 380 g/mol. The summed E-state index contributed by atoms with van der Waals surface area (Å²) in [5.41, 5.74) is 0.140. The van der Waals surface area contributed by atoms with E-state index in [0.717, 1.165) is 11.8 Å². The molecule has 1 aromatic carbocycles. The van der Waals surface area contributed by atoms with Gasteiger partial charge in [-0.2, -0.15) is 10.2 Å². The first kappa shape index (κ1) is 16.9. The molecule has 0 aliphatic carbocycles. The summed E-state index contributed by atoms with van der Waals surface area (Å²) in [7, 11) is 0. The minimum Gasteiger partial charge on any atom is -0.304 e. The van der Waals surface area contributed by atoms with Crippen molar-refractivity contribution in [3.05, 3.63) is 68.1 Å². The summed E-state index contributed by atoms with van der Waals surface area (Å²) in [6, 6.07) is 6.68. The number of H-pyrrole nitrogens is 1. The van der Waals surface area contributed by atoms with E-state index in [2.05, 4.69) is 20.6 Å². The lowest BCUT2D eigenvalue weighted by atomic mass is 10.2. The molecule has 2 aromatic heterocycles. The van der Waals surface area contributed by atoms with Crippen molar-refractivity contribution in [1.82, 2.24) is 20.0 Å². The zero-order valence-corrected chi connectivity index (χ0v) is 14.0. The van der Waals surface area contributed by atoms with Crippen molar-refractivity contribution < 1.29 is 9.72 Å². The summed E-state index contributed by atoms with van der Waals surface area (Å²) in [6.07, 6.45) is 2.61. The van der Waals surface area contributed by atoms with Crippen molar-refractivity contribution in [3.63, 3.8) is 0 Å². The summed E-state index contributed by atoms with van der Waals surface area (Å²) >= 11 is 12.0. The summed E-state index contributed by atoms with van der Waals surface area (Å²) < 4.78 is 1.56. The first-order valence-corrected chi connectivity index (χ1v) is 7.66. The van der Waals surface area contributed by atoms with Crippen molar-refractivity contribution >= 4 is 40.6 Å². The molecule has 0 saturated carbocycles. The molecule has 3 aromatic rings. The average molecular weight is 381 g/mol. The number of aromatic nitrogens is 4. The summed E-state index contributed by atoms with van der Waals surface area (Å²) in [5.74, 6) is -0.474. The normalized spacial score (nSPS) is 10.6. The smallest absolute Gasteiger partial charge is 0.304 e. The van der Waals surface area contributed by atoms with Gasteiger partial charge >= 0.3 is 5.69 Å². The molecule has 2 N–H and O–H groups in total. The summed E-state index contributed by atoms with van der Waals surface area (Å²) in [6.45, 7) is 0.371. The van der Waals surface area contributed by atoms with Crippen molar-refractivity contribution in [1.29, 1.82) is 0 Å². The van der Waals surface area contributed by atoms with Gasteiger partial charge in [-0.05, 0) is 17.7 Å². The second-order valence-corrected chi connectivity index (χ2v) is 5.82. The molecule has 0 aliphatic heterocycles. The first-order chi connectivity index (χ1) is 11.9. The SMILES string of the molecule is O=C(Nc1ccn(Cc2ccc(Cl)cc2Cl)n1)c1[nH]ncc1[N+](=O)[O-]. The van der Waals surface area contributed by atoms with Gasteiger partial charge in [0, 0.05) is 22.3 Å². The maximum atomic E-state index is 12.1. The van der Waals surface area contributed by atoms with Crippen LogP contribution in [0.15, 0.2) is 36.7 Å². The van der Waals surface area contributed by atoms with Crippen LogP contribution < -0.4 is 5.32 Å². The average Bonchev–Trinajstić information content (AvgIpc) is 3.19. The lowest BCUT2D eigenvalue weighted by Crippen LogP contribution is -2.15. The second-order valence-electron chi connectivity index (χ2n) is 4.98. The number of benzene rings is 1. The van der Waals surface area contributed by atoms with E-state index in [-0.39, 0.29) is 11.5 Å². The molecule has 0 unspecified atom stereocenters. The van der Waals surface area contributed by atoms with Gasteiger partial charge in [-0.15, -0.1) is 0 Å². The van der Waals surface area contributed by atoms with Gasteiger partial charge in [-0.25, -0.2) is 0 Å². The van der Waals surface area contributed by atoms with E-state index >= 15 is 0 Å². The Morgan fingerprint density at radius 2 is 2.16 bits per heavy atom. The van der Waals surface area contributed by atoms with Crippen LogP contribution in [0.4, 0.5) is 11.5 Å². The number of carbonyl (C=O) groups excluding carboxylic acids is 1. The second kappa shape index (κ2) is 6.91. The molecule has 128 valence electrons. The molecule has 0 radical (unpaired) electrons. The molecule has 0 atom stereocenters. The molecule has 25 heavy (non-hydrogen) atoms. The molecule has 0 saturated heterocycles. The lowest BCUT2D eigenvalue weighted by Gasteiger charge is -2.05. The Bertz CT molecular complexity index is 952. The predicted octanol–water partition coefficient (Wildman–Crippen LogP) is 3.12. The minimum atomic E-state index is -0.709. The van der Waals surface area contributed by atoms with E-state index in [0.29, 0.717) is 16.6 Å². The minimum absolute atomic E-state index is 0.235. The highest BCUT2D eigenvalue weighted by molar-refractivity contribution is 6.35. The van der Waals surface area contributed by atoms with Gasteiger partial charge < -0.3 is 5.32 Å². The van der Waals surface area contributed by atoms with Crippen molar-refractivity contribution in [2.24, 2.45) is 0 Å². The van der Waals surface area contributed by atoms with Crippen LogP contribution in [-0.4, -0.2) is 30.8 Å². The molecule has 0 spiro atoms. The number of carbonyl (C=O) groups is 1. The highest BCUT2D eigenvalue weighted by Crippen LogP contribution is 2.22. The first-order valence-electron chi connectivity index (χ1n) is 6.90. The number of aromatic amines is 1. The Labute approximate surface area is 150 Å². The van der Waals surface area contributed by atoms with Gasteiger partial charge in [0.05, 0.1) is 11.5 Å². The molecule has 1 amide bonds. The van der Waals surface area contributed by atoms with Crippen LogP contribution in [0.2, 0.25) is 10.0 Å². The van der Waals surface area contributed by atoms with Gasteiger partial charge in [0.15, 0.2) is 5.82 Å². The van der Waals surface area contributed by atoms with E-state index in [1.54, 1.807) is 35.1 Å². The maximum Gasteiger partial charge on any atom is 0.319 e. The van der Waals surface area contributed by atoms with Crippen LogP contribution >= 0.6 is 23.2 Å². The molecular weight excluding hydrogens is 371 g/mol. The topological polar surface area (TPSA) is 119 Å². The van der Waals surface area contributed by atoms with Gasteiger partial charge in [0.25, 0.3) is 5.91 Å². The number of nitrogens with one attached hydrogen (secondary N) is 2. The standard InChI is InChI=1S/C14H10Cl2N6O3/c15-9-2-1-8(10(16)5-9)7-21-4-3-12(20-21)18-14(23)13-11(22(24)25)6-17-19-13/h1-6H,7H2,(H,17,19)(H,18,20,23). The number of anilines is 1. The van der Waals surface area contributed by atoms with Crippen LogP contribution in [0.3, 0.4) is 0 Å². The fourth-order valence-electron chi connectivity index (χ4n) is 2.10. The van der Waals surface area contributed by atoms with Crippen LogP contribution in [0.25, 0.3) is 0 Å². The summed E-state index contributed by atoms with van der Waals surface area (Å²) in [5, 5.41) is 24.3. The van der Waals surface area contributed by atoms with Crippen LogP contribution in [0.1, 0.15) is 16.1 Å². The van der Waals surface area contributed by atoms with Gasteiger partial charge in [-0.1, -0.05) is 29.3 Å². The predicted molar refractivity (Wildman–Crippen MR) is 91.0 cm³/mol. The quantitative estimate of drug-likeness (QED) is 0.520. The Kier molecular flexibility index (Phi) is 4.68. The highest BCUT2D eigenvalue weighted by Gasteiger charge is 2.23. The molecular formula is C14H10Cl2N6O3. The Morgan fingerprint density at radius 1 is 1.36 bits per heavy atom. The molecule has 0 fully saturated rings. The van der Waals surface area contributed by atoms with Gasteiger partial charge in [0.1, 0.15) is 6.20 Å². The highest BCUT2D eigenvalue weighted by atomic mass is 35.5. The Morgan fingerprint density at radius 3 is 2.88 bits per heavy atom. The van der Waals surface area contributed by atoms with E-state index in [1.807, 2.05) is 0 Å². The summed E-state index contributed by atoms with van der Waals surface area (Å²) in [4.78, 5) is 22.2. The number of amides is 1. The number of halogens is 2. The van der Waals surface area contributed by atoms with Crippen LogP contribution in [0, 0.1) is 10.1 Å². The number of nitro groups is 1. The van der Waals surface area contributed by atoms with Crippen molar-refractivity contribution in [3.8, 4) is 0 Å². The van der Waals surface area contributed by atoms with Gasteiger partial charge in [0.2, 0.25) is 5.69 Å². The maximum absolute atomic E-state index is 12.1. The lowest BCUT2D eigenvalue weighted by molar-refractivity contribution is -0.385. The van der Waals surface area contributed by atoms with E-state index in [1.165, 1.54) is 0 Å². The number of rotatable bonds is 5. The third kappa shape index (κ3) is 3.78. The van der Waals surface area contributed by atoms with Gasteiger partial charge in [-0.3, -0.25) is 24.7 Å². The third-order valence-electron chi connectivity index (χ3n) is 3.27. The molecule has 2 heterocycles.